The van der Waals surface area contributed by atoms with E-state index >= 15 is 0 Å². The Bertz CT molecular complexity index is 775. The van der Waals surface area contributed by atoms with Crippen LogP contribution in [0.4, 0.5) is 0 Å². The second kappa shape index (κ2) is 8.68. The summed E-state index contributed by atoms with van der Waals surface area (Å²) in [5, 5.41) is 0. The van der Waals surface area contributed by atoms with Gasteiger partial charge in [0.25, 0.3) is 0 Å². The predicted molar refractivity (Wildman–Crippen MR) is 95.6 cm³/mol. The predicted octanol–water partition coefficient (Wildman–Crippen LogP) is 4.11. The van der Waals surface area contributed by atoms with Crippen molar-refractivity contribution in [3.05, 3.63) is 53.6 Å². The summed E-state index contributed by atoms with van der Waals surface area (Å²) >= 11 is 0. The molecule has 0 aliphatic rings. The maximum Gasteiger partial charge on any atom is 0.308 e. The number of hydrogen-bond acceptors (Lipinski definition) is 5. The molecule has 0 N–H and O–H groups in total. The fourth-order valence-corrected chi connectivity index (χ4v) is 2.17. The van der Waals surface area contributed by atoms with Gasteiger partial charge in [0, 0.05) is 19.9 Å². The highest BCUT2D eigenvalue weighted by Gasteiger charge is 2.04. The van der Waals surface area contributed by atoms with E-state index in [0.717, 1.165) is 11.1 Å². The number of carbonyl (C=O) groups is 2. The first kappa shape index (κ1) is 18.3. The van der Waals surface area contributed by atoms with Crippen LogP contribution in [0.25, 0.3) is 12.2 Å². The van der Waals surface area contributed by atoms with Gasteiger partial charge in [0.1, 0.15) is 17.2 Å². The molecule has 0 aliphatic carbocycles. The maximum absolute atomic E-state index is 11.2. The van der Waals surface area contributed by atoms with Gasteiger partial charge in [-0.1, -0.05) is 24.3 Å². The molecule has 0 unspecified atom stereocenters. The standard InChI is InChI=1S/C20H20O5/c1-4-23-19-11-17(12-20(13-19)25-15(3)22)6-5-16-7-9-18(10-8-16)24-14(2)21/h5-13H,4H2,1-3H3. The van der Waals surface area contributed by atoms with E-state index < -0.39 is 0 Å². The van der Waals surface area contributed by atoms with E-state index in [-0.39, 0.29) is 11.9 Å². The Morgan fingerprint density at radius 2 is 1.36 bits per heavy atom. The molecule has 0 heterocycles. The summed E-state index contributed by atoms with van der Waals surface area (Å²) < 4.78 is 15.6. The minimum absolute atomic E-state index is 0.353. The van der Waals surface area contributed by atoms with Crippen LogP contribution in [-0.2, 0) is 9.59 Å². The Kier molecular flexibility index (Phi) is 6.34. The first-order chi connectivity index (χ1) is 12.0. The van der Waals surface area contributed by atoms with Gasteiger partial charge in [0.15, 0.2) is 0 Å². The summed E-state index contributed by atoms with van der Waals surface area (Å²) in [6, 6.07) is 12.4. The van der Waals surface area contributed by atoms with E-state index in [4.69, 9.17) is 14.2 Å². The van der Waals surface area contributed by atoms with Crippen molar-refractivity contribution < 1.29 is 23.8 Å². The van der Waals surface area contributed by atoms with Gasteiger partial charge < -0.3 is 14.2 Å². The Hall–Kier alpha value is -3.08. The van der Waals surface area contributed by atoms with Crippen LogP contribution >= 0.6 is 0 Å². The fourth-order valence-electron chi connectivity index (χ4n) is 2.17. The molecule has 0 radical (unpaired) electrons. The highest BCUT2D eigenvalue weighted by Crippen LogP contribution is 2.25. The molecule has 0 saturated heterocycles. The number of rotatable bonds is 6. The molecule has 2 aromatic carbocycles. The molecule has 0 aliphatic heterocycles. The molecule has 0 spiro atoms. The number of benzene rings is 2. The smallest absolute Gasteiger partial charge is 0.308 e. The van der Waals surface area contributed by atoms with Crippen LogP contribution in [0.2, 0.25) is 0 Å². The molecule has 2 rings (SSSR count). The molecule has 0 amide bonds. The Balaban J connectivity index is 2.19. The third-order valence-corrected chi connectivity index (χ3v) is 3.08. The summed E-state index contributed by atoms with van der Waals surface area (Å²) in [5.41, 5.74) is 1.78. The zero-order valence-corrected chi connectivity index (χ0v) is 14.4. The van der Waals surface area contributed by atoms with Gasteiger partial charge >= 0.3 is 11.9 Å². The normalized spacial score (nSPS) is 10.5. The van der Waals surface area contributed by atoms with Crippen LogP contribution in [0.1, 0.15) is 31.9 Å². The number of esters is 2. The van der Waals surface area contributed by atoms with Crippen LogP contribution in [0, 0.1) is 0 Å². The van der Waals surface area contributed by atoms with Crippen molar-refractivity contribution in [2.24, 2.45) is 0 Å². The lowest BCUT2D eigenvalue weighted by Crippen LogP contribution is -2.02. The first-order valence-electron chi connectivity index (χ1n) is 7.89. The number of hydrogen-bond donors (Lipinski definition) is 0. The lowest BCUT2D eigenvalue weighted by atomic mass is 10.1. The molecule has 0 atom stereocenters. The molecule has 0 fully saturated rings. The Morgan fingerprint density at radius 1 is 0.800 bits per heavy atom. The Labute approximate surface area is 146 Å². The van der Waals surface area contributed by atoms with Gasteiger partial charge in [-0.2, -0.15) is 0 Å². The maximum atomic E-state index is 11.2. The second-order valence-corrected chi connectivity index (χ2v) is 5.26. The van der Waals surface area contributed by atoms with Crippen molar-refractivity contribution in [2.45, 2.75) is 20.8 Å². The quantitative estimate of drug-likeness (QED) is 0.450. The van der Waals surface area contributed by atoms with Gasteiger partial charge in [-0.15, -0.1) is 0 Å². The lowest BCUT2D eigenvalue weighted by molar-refractivity contribution is -0.132. The largest absolute Gasteiger partial charge is 0.494 e. The van der Waals surface area contributed by atoms with Crippen LogP contribution in [-0.4, -0.2) is 18.5 Å². The molecule has 0 saturated carbocycles. The summed E-state index contributed by atoms with van der Waals surface area (Å²) in [6.07, 6.45) is 3.79. The summed E-state index contributed by atoms with van der Waals surface area (Å²) in [4.78, 5) is 22.1. The average molecular weight is 340 g/mol. The summed E-state index contributed by atoms with van der Waals surface area (Å²) in [7, 11) is 0. The average Bonchev–Trinajstić information content (AvgIpc) is 2.53. The highest BCUT2D eigenvalue weighted by atomic mass is 16.5. The van der Waals surface area contributed by atoms with E-state index in [0.29, 0.717) is 23.9 Å². The molecular formula is C20H20O5. The topological polar surface area (TPSA) is 61.8 Å². The second-order valence-electron chi connectivity index (χ2n) is 5.26. The van der Waals surface area contributed by atoms with Gasteiger partial charge in [0.2, 0.25) is 0 Å². The van der Waals surface area contributed by atoms with Gasteiger partial charge in [-0.05, 0) is 42.3 Å². The van der Waals surface area contributed by atoms with Crippen LogP contribution in [0.15, 0.2) is 42.5 Å². The highest BCUT2D eigenvalue weighted by molar-refractivity contribution is 5.74. The third-order valence-electron chi connectivity index (χ3n) is 3.08. The van der Waals surface area contributed by atoms with Gasteiger partial charge in [-0.3, -0.25) is 9.59 Å². The summed E-state index contributed by atoms with van der Waals surface area (Å²) in [5.74, 6) is 0.827. The minimum Gasteiger partial charge on any atom is -0.494 e. The molecule has 2 aromatic rings. The van der Waals surface area contributed by atoms with Crippen LogP contribution < -0.4 is 14.2 Å². The SMILES string of the molecule is CCOc1cc(C=Cc2ccc(OC(C)=O)cc2)cc(OC(C)=O)c1. The molecular weight excluding hydrogens is 320 g/mol. The van der Waals surface area contributed by atoms with Crippen molar-refractivity contribution in [3.63, 3.8) is 0 Å². The fraction of sp³-hybridized carbons (Fsp3) is 0.200. The van der Waals surface area contributed by atoms with Crippen molar-refractivity contribution in [1.82, 2.24) is 0 Å². The third kappa shape index (κ3) is 6.14. The van der Waals surface area contributed by atoms with E-state index in [9.17, 15) is 9.59 Å². The van der Waals surface area contributed by atoms with Crippen LogP contribution in [0.3, 0.4) is 0 Å². The van der Waals surface area contributed by atoms with Crippen molar-refractivity contribution >= 4 is 24.1 Å². The minimum atomic E-state index is -0.385. The van der Waals surface area contributed by atoms with E-state index in [2.05, 4.69) is 0 Å². The monoisotopic (exact) mass is 340 g/mol. The van der Waals surface area contributed by atoms with Gasteiger partial charge in [-0.25, -0.2) is 0 Å². The van der Waals surface area contributed by atoms with Crippen molar-refractivity contribution in [1.29, 1.82) is 0 Å². The molecule has 25 heavy (non-hydrogen) atoms. The summed E-state index contributed by atoms with van der Waals surface area (Å²) in [6.45, 7) is 5.12. The molecule has 130 valence electrons. The van der Waals surface area contributed by atoms with Crippen LogP contribution in [0.5, 0.6) is 17.2 Å². The van der Waals surface area contributed by atoms with Gasteiger partial charge in [0.05, 0.1) is 6.61 Å². The number of ether oxygens (including phenoxy) is 3. The zero-order valence-electron chi connectivity index (χ0n) is 14.4. The van der Waals surface area contributed by atoms with E-state index in [1.54, 1.807) is 24.3 Å². The molecule has 5 nitrogen and oxygen atoms in total. The van der Waals surface area contributed by atoms with Crippen molar-refractivity contribution in [3.8, 4) is 17.2 Å². The number of carbonyl (C=O) groups excluding carboxylic acids is 2. The molecule has 5 heteroatoms. The first-order valence-corrected chi connectivity index (χ1v) is 7.89. The zero-order chi connectivity index (χ0) is 18.2. The Morgan fingerprint density at radius 3 is 1.96 bits per heavy atom. The molecule has 0 bridgehead atoms. The van der Waals surface area contributed by atoms with Crippen molar-refractivity contribution in [2.75, 3.05) is 6.61 Å². The van der Waals surface area contributed by atoms with E-state index in [1.165, 1.54) is 13.8 Å². The van der Waals surface area contributed by atoms with E-state index in [1.807, 2.05) is 37.3 Å². The lowest BCUT2D eigenvalue weighted by Gasteiger charge is -2.08. The molecule has 0 aromatic heterocycles.